The predicted octanol–water partition coefficient (Wildman–Crippen LogP) is 4.84. The fourth-order valence-electron chi connectivity index (χ4n) is 4.41. The molecular weight excluding hydrogens is 534 g/mol. The van der Waals surface area contributed by atoms with Gasteiger partial charge in [0.25, 0.3) is 0 Å². The molecule has 0 radical (unpaired) electrons. The summed E-state index contributed by atoms with van der Waals surface area (Å²) in [4.78, 5) is 41.3. The number of nitrogens with zero attached hydrogens (tertiary/aromatic N) is 1. The molecule has 0 bridgehead atoms. The van der Waals surface area contributed by atoms with Gasteiger partial charge in [0.15, 0.2) is 0 Å². The van der Waals surface area contributed by atoms with E-state index in [0.29, 0.717) is 5.57 Å². The standard InChI is InChI=1S/C29H46BrN3O4/c1-12-37-27(36)19(4)17-22(18(2)3)33(11)26(35)24(28(5,6)7)32-25(34)23(31-10)29(8,9)20-13-15-21(30)16-14-20/h13-18,22-24,31H,12H2,1-11H3,(H,32,34)/b19-17+/t22-,23?,24-/m1/s1. The van der Waals surface area contributed by atoms with E-state index in [1.54, 1.807) is 38.9 Å². The van der Waals surface area contributed by atoms with Crippen molar-refractivity contribution in [2.45, 2.75) is 85.9 Å². The molecular formula is C29H46BrN3O4. The number of hydrogen-bond acceptors (Lipinski definition) is 5. The van der Waals surface area contributed by atoms with Gasteiger partial charge in [0.1, 0.15) is 6.04 Å². The summed E-state index contributed by atoms with van der Waals surface area (Å²) in [7, 11) is 3.47. The Labute approximate surface area is 231 Å². The second-order valence-corrected chi connectivity index (χ2v) is 12.4. The number of likely N-dealkylation sites (N-methyl/N-ethyl adjacent to an activating group) is 2. The molecule has 1 rings (SSSR count). The lowest BCUT2D eigenvalue weighted by molar-refractivity contribution is -0.141. The topological polar surface area (TPSA) is 87.7 Å². The van der Waals surface area contributed by atoms with Crippen molar-refractivity contribution < 1.29 is 19.1 Å². The lowest BCUT2D eigenvalue weighted by atomic mass is 9.76. The first kappa shape index (κ1) is 32.8. The zero-order valence-corrected chi connectivity index (χ0v) is 25.9. The SMILES string of the molecule is CCOC(=O)/C(C)=C/[C@H](C(C)C)N(C)C(=O)[C@@H](NC(=O)C(NC)C(C)(C)c1ccc(Br)cc1)C(C)(C)C. The maximum Gasteiger partial charge on any atom is 0.333 e. The molecule has 1 unspecified atom stereocenters. The zero-order valence-electron chi connectivity index (χ0n) is 24.4. The average molecular weight is 581 g/mol. The van der Waals surface area contributed by atoms with E-state index in [-0.39, 0.29) is 30.4 Å². The van der Waals surface area contributed by atoms with Crippen molar-refractivity contribution in [2.24, 2.45) is 11.3 Å². The summed E-state index contributed by atoms with van der Waals surface area (Å²) in [5.41, 5.74) is 0.350. The van der Waals surface area contributed by atoms with E-state index in [9.17, 15) is 14.4 Å². The van der Waals surface area contributed by atoms with E-state index in [0.717, 1.165) is 10.0 Å². The number of hydrogen-bond donors (Lipinski definition) is 2. The van der Waals surface area contributed by atoms with Crippen LogP contribution in [-0.2, 0) is 24.5 Å². The second-order valence-electron chi connectivity index (χ2n) is 11.5. The van der Waals surface area contributed by atoms with Crippen LogP contribution in [0.3, 0.4) is 0 Å². The molecule has 0 aliphatic heterocycles. The number of nitrogens with one attached hydrogen (secondary N) is 2. The summed E-state index contributed by atoms with van der Waals surface area (Å²) in [6, 6.07) is 6.19. The first-order chi connectivity index (χ1) is 17.0. The van der Waals surface area contributed by atoms with Gasteiger partial charge in [0.05, 0.1) is 18.7 Å². The number of amides is 2. The molecule has 7 nitrogen and oxygen atoms in total. The fraction of sp³-hybridized carbons (Fsp3) is 0.621. The van der Waals surface area contributed by atoms with Gasteiger partial charge in [0, 0.05) is 22.5 Å². The van der Waals surface area contributed by atoms with Gasteiger partial charge in [-0.25, -0.2) is 4.79 Å². The van der Waals surface area contributed by atoms with Crippen LogP contribution in [0.5, 0.6) is 0 Å². The quantitative estimate of drug-likeness (QED) is 0.289. The second kappa shape index (κ2) is 13.6. The first-order valence-corrected chi connectivity index (χ1v) is 13.6. The minimum Gasteiger partial charge on any atom is -0.463 e. The Morgan fingerprint density at radius 2 is 1.59 bits per heavy atom. The molecule has 0 spiro atoms. The Morgan fingerprint density at radius 1 is 1.05 bits per heavy atom. The van der Waals surface area contributed by atoms with E-state index < -0.39 is 28.9 Å². The zero-order chi connectivity index (χ0) is 28.7. The molecule has 37 heavy (non-hydrogen) atoms. The molecule has 0 aliphatic rings. The van der Waals surface area contributed by atoms with Gasteiger partial charge in [-0.3, -0.25) is 9.59 Å². The van der Waals surface area contributed by atoms with Gasteiger partial charge >= 0.3 is 5.97 Å². The lowest BCUT2D eigenvalue weighted by Gasteiger charge is -2.40. The number of esters is 1. The molecule has 2 N–H and O–H groups in total. The van der Waals surface area contributed by atoms with Crippen LogP contribution in [-0.4, -0.2) is 61.5 Å². The average Bonchev–Trinajstić information content (AvgIpc) is 2.79. The van der Waals surface area contributed by atoms with Crippen LogP contribution in [0.2, 0.25) is 0 Å². The van der Waals surface area contributed by atoms with Crippen LogP contribution in [0, 0.1) is 11.3 Å². The molecule has 8 heteroatoms. The number of benzene rings is 1. The monoisotopic (exact) mass is 579 g/mol. The Bertz CT molecular complexity index is 964. The minimum atomic E-state index is -0.779. The number of carbonyl (C=O) groups is 3. The van der Waals surface area contributed by atoms with E-state index in [4.69, 9.17) is 4.74 Å². The van der Waals surface area contributed by atoms with Crippen molar-refractivity contribution in [3.8, 4) is 0 Å². The Morgan fingerprint density at radius 3 is 2.03 bits per heavy atom. The van der Waals surface area contributed by atoms with Gasteiger partial charge in [-0.1, -0.05) is 82.6 Å². The van der Waals surface area contributed by atoms with Gasteiger partial charge in [-0.2, -0.15) is 0 Å². The molecule has 1 aromatic rings. The van der Waals surface area contributed by atoms with E-state index in [1.807, 2.05) is 72.7 Å². The normalized spacial score (nSPS) is 15.1. The maximum absolute atomic E-state index is 13.9. The third-order valence-corrected chi connectivity index (χ3v) is 7.29. The van der Waals surface area contributed by atoms with E-state index in [1.165, 1.54) is 0 Å². The summed E-state index contributed by atoms with van der Waals surface area (Å²) in [5, 5.41) is 6.21. The Kier molecular flexibility index (Phi) is 12.0. The van der Waals surface area contributed by atoms with Crippen molar-refractivity contribution in [3.63, 3.8) is 0 Å². The van der Waals surface area contributed by atoms with Crippen molar-refractivity contribution in [3.05, 3.63) is 46.0 Å². The fourth-order valence-corrected chi connectivity index (χ4v) is 4.68. The predicted molar refractivity (Wildman–Crippen MR) is 153 cm³/mol. The van der Waals surface area contributed by atoms with Crippen LogP contribution < -0.4 is 10.6 Å². The molecule has 208 valence electrons. The summed E-state index contributed by atoms with van der Waals surface area (Å²) < 4.78 is 6.08. The third-order valence-electron chi connectivity index (χ3n) is 6.76. The lowest BCUT2D eigenvalue weighted by Crippen LogP contribution is -2.61. The van der Waals surface area contributed by atoms with Crippen LogP contribution in [0.15, 0.2) is 40.4 Å². The molecule has 0 aliphatic carbocycles. The number of ether oxygens (including phenoxy) is 1. The highest BCUT2D eigenvalue weighted by Gasteiger charge is 2.41. The minimum absolute atomic E-state index is 0.0380. The van der Waals surface area contributed by atoms with E-state index >= 15 is 0 Å². The van der Waals surface area contributed by atoms with Gasteiger partial charge < -0.3 is 20.3 Å². The molecule has 0 saturated heterocycles. The molecule has 0 saturated carbocycles. The smallest absolute Gasteiger partial charge is 0.333 e. The van der Waals surface area contributed by atoms with Crippen molar-refractivity contribution in [1.29, 1.82) is 0 Å². The summed E-state index contributed by atoms with van der Waals surface area (Å²) >= 11 is 3.46. The number of carbonyl (C=O) groups excluding carboxylic acids is 3. The molecule has 0 fully saturated rings. The van der Waals surface area contributed by atoms with Crippen molar-refractivity contribution >= 4 is 33.7 Å². The van der Waals surface area contributed by atoms with Gasteiger partial charge in [-0.05, 0) is 49.9 Å². The summed E-state index contributed by atoms with van der Waals surface area (Å²) in [6.07, 6.45) is 1.77. The number of halogens is 1. The highest BCUT2D eigenvalue weighted by atomic mass is 79.9. The first-order valence-electron chi connectivity index (χ1n) is 12.8. The summed E-state index contributed by atoms with van der Waals surface area (Å²) in [6.45, 7) is 17.5. The molecule has 2 amide bonds. The highest BCUT2D eigenvalue weighted by molar-refractivity contribution is 9.10. The van der Waals surface area contributed by atoms with Gasteiger partial charge in [0.2, 0.25) is 11.8 Å². The number of rotatable bonds is 11. The highest BCUT2D eigenvalue weighted by Crippen LogP contribution is 2.30. The Hall–Kier alpha value is -2.19. The van der Waals surface area contributed by atoms with Crippen LogP contribution in [0.4, 0.5) is 0 Å². The molecule has 3 atom stereocenters. The third kappa shape index (κ3) is 8.67. The summed E-state index contributed by atoms with van der Waals surface area (Å²) in [5.74, 6) is -0.835. The van der Waals surface area contributed by atoms with Crippen LogP contribution in [0.25, 0.3) is 0 Å². The molecule has 0 aromatic heterocycles. The Balaban J connectivity index is 3.30. The van der Waals surface area contributed by atoms with E-state index in [2.05, 4.69) is 26.6 Å². The molecule has 0 heterocycles. The molecule has 1 aromatic carbocycles. The van der Waals surface area contributed by atoms with Crippen molar-refractivity contribution in [2.75, 3.05) is 20.7 Å². The van der Waals surface area contributed by atoms with Gasteiger partial charge in [-0.15, -0.1) is 0 Å². The van der Waals surface area contributed by atoms with Crippen molar-refractivity contribution in [1.82, 2.24) is 15.5 Å². The van der Waals surface area contributed by atoms with Crippen LogP contribution in [0.1, 0.15) is 67.9 Å². The largest absolute Gasteiger partial charge is 0.463 e. The maximum atomic E-state index is 13.9. The van der Waals surface area contributed by atoms with Crippen LogP contribution >= 0.6 is 15.9 Å².